The maximum atomic E-state index is 8.60. The van der Waals surface area contributed by atoms with Gasteiger partial charge in [0.05, 0.1) is 23.0 Å². The van der Waals surface area contributed by atoms with Crippen LogP contribution in [0.15, 0.2) is 59.3 Å². The van der Waals surface area contributed by atoms with Crippen LogP contribution in [0, 0.1) is 23.7 Å². The number of aliphatic hydroxyl groups is 1. The van der Waals surface area contributed by atoms with E-state index in [1.165, 1.54) is 109 Å². The minimum atomic E-state index is 0.135. The van der Waals surface area contributed by atoms with Crippen LogP contribution >= 0.6 is 45.3 Å². The third-order valence-electron chi connectivity index (χ3n) is 7.41. The van der Waals surface area contributed by atoms with Crippen LogP contribution in [0.5, 0.6) is 0 Å². The molecular formula is C40H52O2S4. The highest BCUT2D eigenvalue weighted by Gasteiger charge is 2.02. The molecule has 4 rings (SSSR count). The first-order chi connectivity index (χ1) is 22.8. The van der Waals surface area contributed by atoms with Gasteiger partial charge in [-0.1, -0.05) is 126 Å². The fraction of sp³-hybridized carbons (Fsp3) is 0.500. The number of aliphatic hydroxyl groups excluding tert-OH is 1. The van der Waals surface area contributed by atoms with Crippen molar-refractivity contribution in [1.82, 2.24) is 0 Å². The summed E-state index contributed by atoms with van der Waals surface area (Å²) in [4.78, 5) is 7.40. The predicted molar refractivity (Wildman–Crippen MR) is 206 cm³/mol. The normalized spacial score (nSPS) is 10.5. The number of rotatable bonds is 20. The fourth-order valence-electron chi connectivity index (χ4n) is 4.89. The van der Waals surface area contributed by atoms with E-state index in [0.29, 0.717) is 6.42 Å². The minimum Gasteiger partial charge on any atom is -0.395 e. The van der Waals surface area contributed by atoms with Gasteiger partial charge in [0.25, 0.3) is 0 Å². The van der Waals surface area contributed by atoms with Gasteiger partial charge in [-0.25, -0.2) is 0 Å². The summed E-state index contributed by atoms with van der Waals surface area (Å²) in [6.45, 7) is 4.07. The van der Waals surface area contributed by atoms with Gasteiger partial charge in [0, 0.05) is 39.0 Å². The Labute approximate surface area is 295 Å². The molecule has 0 aliphatic rings. The molecule has 4 aromatic rings. The molecule has 0 bridgehead atoms. The standard InChI is InChI=1S/C28H42OS2.C12H10OS2/c1-2-3-4-5-6-7-8-9-10-11-12-13-14-16-23-29-24-17-15-19-26-21-22-28(31-26)27-20-18-25-30-27;13-8-2-1-4-10-6-7-12(15-10)11-5-3-9-14-11/h18,20-22,25H,2-14,16-17,23-24H2,1H3;3,5-7,9,13H,2,8H2. The van der Waals surface area contributed by atoms with E-state index < -0.39 is 0 Å². The first kappa shape index (κ1) is 38.3. The van der Waals surface area contributed by atoms with E-state index in [0.717, 1.165) is 29.4 Å². The van der Waals surface area contributed by atoms with Crippen LogP contribution in [-0.4, -0.2) is 24.9 Å². The smallest absolute Gasteiger partial charge is 0.0775 e. The molecule has 0 saturated heterocycles. The average molecular weight is 693 g/mol. The molecule has 248 valence electrons. The van der Waals surface area contributed by atoms with Crippen molar-refractivity contribution >= 4 is 45.3 Å². The molecule has 0 unspecified atom stereocenters. The molecule has 4 aromatic heterocycles. The molecule has 0 aromatic carbocycles. The van der Waals surface area contributed by atoms with Gasteiger partial charge >= 0.3 is 0 Å². The zero-order valence-corrected chi connectivity index (χ0v) is 31.0. The second-order valence-corrected chi connectivity index (χ2v) is 15.4. The summed E-state index contributed by atoms with van der Waals surface area (Å²) >= 11 is 7.00. The monoisotopic (exact) mass is 692 g/mol. The van der Waals surface area contributed by atoms with Crippen LogP contribution in [0.3, 0.4) is 0 Å². The zero-order valence-electron chi connectivity index (χ0n) is 27.7. The molecule has 0 spiro atoms. The number of unbranched alkanes of at least 4 members (excludes halogenated alkanes) is 13. The summed E-state index contributed by atoms with van der Waals surface area (Å²) in [5.41, 5.74) is 0. The lowest BCUT2D eigenvalue weighted by Crippen LogP contribution is -1.96. The third kappa shape index (κ3) is 17.1. The Balaban J connectivity index is 0.000000318. The van der Waals surface area contributed by atoms with Crippen molar-refractivity contribution in [3.63, 3.8) is 0 Å². The van der Waals surface area contributed by atoms with Gasteiger partial charge in [-0.15, -0.1) is 45.3 Å². The molecule has 0 fully saturated rings. The van der Waals surface area contributed by atoms with Crippen molar-refractivity contribution in [3.8, 4) is 43.2 Å². The third-order valence-corrected chi connectivity index (χ3v) is 11.5. The number of ether oxygens (including phenoxy) is 1. The average Bonchev–Trinajstić information content (AvgIpc) is 3.91. The molecule has 4 heterocycles. The number of hydrogen-bond acceptors (Lipinski definition) is 6. The second-order valence-electron chi connectivity index (χ2n) is 11.3. The van der Waals surface area contributed by atoms with Crippen molar-refractivity contribution in [2.24, 2.45) is 0 Å². The quantitative estimate of drug-likeness (QED) is 0.0738. The van der Waals surface area contributed by atoms with E-state index in [2.05, 4.69) is 83.8 Å². The maximum absolute atomic E-state index is 8.60. The lowest BCUT2D eigenvalue weighted by Gasteiger charge is -2.04. The van der Waals surface area contributed by atoms with Crippen molar-refractivity contribution in [2.45, 2.75) is 110 Å². The molecule has 1 N–H and O–H groups in total. The highest BCUT2D eigenvalue weighted by molar-refractivity contribution is 7.22. The van der Waals surface area contributed by atoms with Crippen molar-refractivity contribution in [3.05, 3.63) is 69.0 Å². The summed E-state index contributed by atoms with van der Waals surface area (Å²) < 4.78 is 5.75. The maximum Gasteiger partial charge on any atom is 0.0775 e. The minimum absolute atomic E-state index is 0.135. The number of hydrogen-bond donors (Lipinski definition) is 1. The van der Waals surface area contributed by atoms with E-state index in [4.69, 9.17) is 9.84 Å². The van der Waals surface area contributed by atoms with Gasteiger partial charge in [-0.05, 0) is 53.6 Å². The van der Waals surface area contributed by atoms with E-state index in [-0.39, 0.29) is 6.61 Å². The molecule has 0 radical (unpaired) electrons. The summed E-state index contributed by atoms with van der Waals surface area (Å²) in [5, 5.41) is 12.8. The summed E-state index contributed by atoms with van der Waals surface area (Å²) in [6, 6.07) is 16.9. The van der Waals surface area contributed by atoms with Crippen LogP contribution in [0.2, 0.25) is 0 Å². The number of thiophene rings is 4. The van der Waals surface area contributed by atoms with E-state index in [1.807, 2.05) is 6.07 Å². The molecule has 2 nitrogen and oxygen atoms in total. The van der Waals surface area contributed by atoms with Gasteiger partial charge in [0.15, 0.2) is 0 Å². The van der Waals surface area contributed by atoms with Crippen LogP contribution in [0.4, 0.5) is 0 Å². The van der Waals surface area contributed by atoms with E-state index in [1.54, 1.807) is 45.3 Å². The molecule has 0 amide bonds. The van der Waals surface area contributed by atoms with Gasteiger partial charge in [0.2, 0.25) is 0 Å². The van der Waals surface area contributed by atoms with Crippen LogP contribution in [0.25, 0.3) is 19.5 Å². The molecule has 0 saturated carbocycles. The Morgan fingerprint density at radius 1 is 0.543 bits per heavy atom. The molecular weight excluding hydrogens is 641 g/mol. The lowest BCUT2D eigenvalue weighted by atomic mass is 10.0. The lowest BCUT2D eigenvalue weighted by molar-refractivity contribution is 0.135. The second kappa shape index (κ2) is 25.9. The van der Waals surface area contributed by atoms with Gasteiger partial charge in [-0.3, -0.25) is 0 Å². The molecule has 0 aliphatic carbocycles. The van der Waals surface area contributed by atoms with Crippen LogP contribution < -0.4 is 0 Å². The van der Waals surface area contributed by atoms with E-state index >= 15 is 0 Å². The van der Waals surface area contributed by atoms with E-state index in [9.17, 15) is 0 Å². The Morgan fingerprint density at radius 3 is 1.48 bits per heavy atom. The van der Waals surface area contributed by atoms with Crippen LogP contribution in [-0.2, 0) is 4.74 Å². The largest absolute Gasteiger partial charge is 0.395 e. The summed E-state index contributed by atoms with van der Waals surface area (Å²) in [6.07, 6.45) is 21.0. The van der Waals surface area contributed by atoms with Crippen molar-refractivity contribution < 1.29 is 9.84 Å². The Kier molecular flexibility index (Phi) is 21.5. The first-order valence-electron chi connectivity index (χ1n) is 17.2. The van der Waals surface area contributed by atoms with Crippen molar-refractivity contribution in [1.29, 1.82) is 0 Å². The molecule has 0 aliphatic heterocycles. The van der Waals surface area contributed by atoms with Gasteiger partial charge in [-0.2, -0.15) is 0 Å². The highest BCUT2D eigenvalue weighted by Crippen LogP contribution is 2.32. The van der Waals surface area contributed by atoms with Gasteiger partial charge in [0.1, 0.15) is 0 Å². The zero-order chi connectivity index (χ0) is 32.3. The topological polar surface area (TPSA) is 29.5 Å². The first-order valence-corrected chi connectivity index (χ1v) is 20.6. The summed E-state index contributed by atoms with van der Waals surface area (Å²) in [5.74, 6) is 12.5. The Hall–Kier alpha value is -2.16. The van der Waals surface area contributed by atoms with Gasteiger partial charge < -0.3 is 9.84 Å². The molecule has 6 heteroatoms. The Morgan fingerprint density at radius 2 is 1.02 bits per heavy atom. The predicted octanol–water partition coefficient (Wildman–Crippen LogP) is 12.9. The van der Waals surface area contributed by atoms with Crippen molar-refractivity contribution in [2.75, 3.05) is 19.8 Å². The fourth-order valence-corrected chi connectivity index (χ4v) is 8.32. The highest BCUT2D eigenvalue weighted by atomic mass is 32.1. The SMILES string of the molecule is CCCCCCCCCCCCCCCCOCCC#Cc1ccc(-c2cccs2)s1.OCCC#Cc1ccc(-c2cccs2)s1. The molecule has 0 atom stereocenters. The summed E-state index contributed by atoms with van der Waals surface area (Å²) in [7, 11) is 0. The molecule has 46 heavy (non-hydrogen) atoms. The van der Waals surface area contributed by atoms with Crippen LogP contribution in [0.1, 0.15) is 119 Å². The Bertz CT molecular complexity index is 1390.